The molecule has 2 aliphatic heterocycles. The lowest BCUT2D eigenvalue weighted by atomic mass is 9.98. The zero-order chi connectivity index (χ0) is 19.3. The van der Waals surface area contributed by atoms with Crippen LogP contribution in [0.15, 0.2) is 30.3 Å². The fourth-order valence-corrected chi connectivity index (χ4v) is 3.88. The Morgan fingerprint density at radius 3 is 2.75 bits per heavy atom. The molecule has 7 heteroatoms. The molecule has 2 fully saturated rings. The smallest absolute Gasteiger partial charge is 0.246 e. The Labute approximate surface area is 165 Å². The standard InChI is InChI=1S/C21H28N4O3/c1-2-3-11-25-21(23-20(24-25)16-9-12-27-13-10-16)19-18(22-17(26)14-28-19)15-7-5-4-6-8-15/h4-8,16,18-19H,2-3,9-14H2,1H3,(H,22,26)/t18-,19+/m1/s1. The van der Waals surface area contributed by atoms with Gasteiger partial charge in [-0.1, -0.05) is 43.7 Å². The first-order valence-corrected chi connectivity index (χ1v) is 10.2. The Morgan fingerprint density at radius 1 is 1.21 bits per heavy atom. The van der Waals surface area contributed by atoms with E-state index < -0.39 is 0 Å². The SMILES string of the molecule is CCCCn1nc(C2CCOCC2)nc1[C@H]1OCC(=O)N[C@@H]1c1ccccc1. The number of amides is 1. The topological polar surface area (TPSA) is 78.3 Å². The minimum absolute atomic E-state index is 0.0429. The summed E-state index contributed by atoms with van der Waals surface area (Å²) >= 11 is 0. The largest absolute Gasteiger partial charge is 0.381 e. The van der Waals surface area contributed by atoms with Crippen molar-refractivity contribution in [3.63, 3.8) is 0 Å². The predicted molar refractivity (Wildman–Crippen MR) is 104 cm³/mol. The van der Waals surface area contributed by atoms with Crippen LogP contribution in [-0.2, 0) is 20.8 Å². The quantitative estimate of drug-likeness (QED) is 0.829. The van der Waals surface area contributed by atoms with Gasteiger partial charge in [0.05, 0.1) is 6.04 Å². The van der Waals surface area contributed by atoms with Crippen molar-refractivity contribution in [2.24, 2.45) is 0 Å². The second-order valence-electron chi connectivity index (χ2n) is 7.48. The lowest BCUT2D eigenvalue weighted by molar-refractivity contribution is -0.138. The number of hydrogen-bond donors (Lipinski definition) is 1. The van der Waals surface area contributed by atoms with Gasteiger partial charge in [-0.15, -0.1) is 0 Å². The maximum absolute atomic E-state index is 12.0. The van der Waals surface area contributed by atoms with Gasteiger partial charge in [-0.05, 0) is 24.8 Å². The van der Waals surface area contributed by atoms with Gasteiger partial charge in [0.1, 0.15) is 12.7 Å². The number of ether oxygens (including phenoxy) is 2. The molecule has 0 spiro atoms. The van der Waals surface area contributed by atoms with Gasteiger partial charge >= 0.3 is 0 Å². The van der Waals surface area contributed by atoms with Crippen LogP contribution in [0.5, 0.6) is 0 Å². The molecule has 1 N–H and O–H groups in total. The minimum atomic E-state index is -0.349. The first-order valence-electron chi connectivity index (χ1n) is 10.2. The third-order valence-electron chi connectivity index (χ3n) is 5.45. The highest BCUT2D eigenvalue weighted by Gasteiger charge is 2.36. The molecule has 7 nitrogen and oxygen atoms in total. The lowest BCUT2D eigenvalue weighted by Crippen LogP contribution is -2.42. The molecule has 0 radical (unpaired) electrons. The molecule has 2 saturated heterocycles. The number of hydrogen-bond acceptors (Lipinski definition) is 5. The van der Waals surface area contributed by atoms with Gasteiger partial charge in [0.25, 0.3) is 0 Å². The highest BCUT2D eigenvalue weighted by molar-refractivity contribution is 5.78. The van der Waals surface area contributed by atoms with Crippen LogP contribution < -0.4 is 5.32 Å². The first-order chi connectivity index (χ1) is 13.8. The van der Waals surface area contributed by atoms with E-state index in [1.54, 1.807) is 0 Å². The zero-order valence-corrected chi connectivity index (χ0v) is 16.3. The second kappa shape index (κ2) is 8.84. The molecular weight excluding hydrogens is 356 g/mol. The number of benzene rings is 1. The van der Waals surface area contributed by atoms with Crippen LogP contribution in [-0.4, -0.2) is 40.5 Å². The number of carbonyl (C=O) groups is 1. The Bertz CT molecular complexity index is 786. The van der Waals surface area contributed by atoms with Gasteiger partial charge in [0.15, 0.2) is 11.6 Å². The highest BCUT2D eigenvalue weighted by atomic mass is 16.5. The normalized spacial score (nSPS) is 23.5. The van der Waals surface area contributed by atoms with Crippen molar-refractivity contribution in [2.75, 3.05) is 19.8 Å². The predicted octanol–water partition coefficient (Wildman–Crippen LogP) is 2.90. The van der Waals surface area contributed by atoms with Crippen molar-refractivity contribution in [1.82, 2.24) is 20.1 Å². The summed E-state index contributed by atoms with van der Waals surface area (Å²) in [4.78, 5) is 17.0. The Kier molecular flexibility index (Phi) is 6.02. The molecular formula is C21H28N4O3. The van der Waals surface area contributed by atoms with E-state index in [2.05, 4.69) is 12.2 Å². The molecule has 1 amide bonds. The third kappa shape index (κ3) is 4.10. The fraction of sp³-hybridized carbons (Fsp3) is 0.571. The molecule has 0 bridgehead atoms. The van der Waals surface area contributed by atoms with Crippen LogP contribution in [0.4, 0.5) is 0 Å². The number of rotatable bonds is 6. The number of unbranched alkanes of at least 4 members (excludes halogenated alkanes) is 1. The van der Waals surface area contributed by atoms with Crippen molar-refractivity contribution in [3.05, 3.63) is 47.5 Å². The number of nitrogens with one attached hydrogen (secondary N) is 1. The van der Waals surface area contributed by atoms with Crippen LogP contribution in [0, 0.1) is 0 Å². The summed E-state index contributed by atoms with van der Waals surface area (Å²) in [6.07, 6.45) is 3.65. The van der Waals surface area contributed by atoms with Crippen LogP contribution in [0.2, 0.25) is 0 Å². The summed E-state index contributed by atoms with van der Waals surface area (Å²) in [6.45, 7) is 4.52. The van der Waals surface area contributed by atoms with Crippen LogP contribution >= 0.6 is 0 Å². The van der Waals surface area contributed by atoms with E-state index in [0.29, 0.717) is 5.92 Å². The number of aromatic nitrogens is 3. The first kappa shape index (κ1) is 19.1. The number of nitrogens with zero attached hydrogens (tertiary/aromatic N) is 3. The average molecular weight is 384 g/mol. The van der Waals surface area contributed by atoms with Gasteiger partial charge < -0.3 is 14.8 Å². The van der Waals surface area contributed by atoms with Gasteiger partial charge in [0, 0.05) is 25.7 Å². The van der Waals surface area contributed by atoms with Crippen LogP contribution in [0.1, 0.15) is 67.9 Å². The molecule has 2 aliphatic rings. The van der Waals surface area contributed by atoms with Crippen molar-refractivity contribution in [3.8, 4) is 0 Å². The van der Waals surface area contributed by atoms with Gasteiger partial charge in [-0.3, -0.25) is 4.79 Å². The molecule has 28 heavy (non-hydrogen) atoms. The Hall–Kier alpha value is -2.25. The Balaban J connectivity index is 1.67. The van der Waals surface area contributed by atoms with E-state index in [4.69, 9.17) is 19.6 Å². The van der Waals surface area contributed by atoms with E-state index in [0.717, 1.165) is 62.7 Å². The van der Waals surface area contributed by atoms with E-state index in [1.165, 1.54) is 0 Å². The summed E-state index contributed by atoms with van der Waals surface area (Å²) in [5, 5.41) is 7.94. The molecule has 2 aromatic rings. The maximum atomic E-state index is 12.0. The average Bonchev–Trinajstić information content (AvgIpc) is 3.17. The van der Waals surface area contributed by atoms with E-state index in [-0.39, 0.29) is 24.7 Å². The zero-order valence-electron chi connectivity index (χ0n) is 16.3. The number of carbonyl (C=O) groups excluding carboxylic acids is 1. The summed E-state index contributed by atoms with van der Waals surface area (Å²) in [5.74, 6) is 1.91. The summed E-state index contributed by atoms with van der Waals surface area (Å²) in [6, 6.07) is 9.67. The summed E-state index contributed by atoms with van der Waals surface area (Å²) in [5.41, 5.74) is 1.01. The van der Waals surface area contributed by atoms with Gasteiger partial charge in [-0.2, -0.15) is 5.10 Å². The van der Waals surface area contributed by atoms with Gasteiger partial charge in [-0.25, -0.2) is 9.67 Å². The number of aryl methyl sites for hydroxylation is 1. The Morgan fingerprint density at radius 2 is 2.00 bits per heavy atom. The summed E-state index contributed by atoms with van der Waals surface area (Å²) < 4.78 is 13.5. The van der Waals surface area contributed by atoms with Crippen LogP contribution in [0.25, 0.3) is 0 Å². The molecule has 150 valence electrons. The molecule has 4 rings (SSSR count). The molecule has 3 heterocycles. The third-order valence-corrected chi connectivity index (χ3v) is 5.45. The van der Waals surface area contributed by atoms with Crippen molar-refractivity contribution < 1.29 is 14.3 Å². The monoisotopic (exact) mass is 384 g/mol. The van der Waals surface area contributed by atoms with E-state index in [1.807, 2.05) is 35.0 Å². The van der Waals surface area contributed by atoms with Crippen molar-refractivity contribution in [2.45, 2.75) is 57.2 Å². The number of morpholine rings is 1. The van der Waals surface area contributed by atoms with Crippen LogP contribution in [0.3, 0.4) is 0 Å². The second-order valence-corrected chi connectivity index (χ2v) is 7.48. The maximum Gasteiger partial charge on any atom is 0.246 e. The van der Waals surface area contributed by atoms with E-state index >= 15 is 0 Å². The van der Waals surface area contributed by atoms with Gasteiger partial charge in [0.2, 0.25) is 5.91 Å². The summed E-state index contributed by atoms with van der Waals surface area (Å²) in [7, 11) is 0. The molecule has 1 aromatic heterocycles. The molecule has 0 aliphatic carbocycles. The van der Waals surface area contributed by atoms with E-state index in [9.17, 15) is 4.79 Å². The van der Waals surface area contributed by atoms with Crippen molar-refractivity contribution in [1.29, 1.82) is 0 Å². The molecule has 0 unspecified atom stereocenters. The minimum Gasteiger partial charge on any atom is -0.381 e. The fourth-order valence-electron chi connectivity index (χ4n) is 3.88. The highest BCUT2D eigenvalue weighted by Crippen LogP contribution is 2.35. The molecule has 0 saturated carbocycles. The van der Waals surface area contributed by atoms with Crippen molar-refractivity contribution >= 4 is 5.91 Å². The lowest BCUT2D eigenvalue weighted by Gasteiger charge is -2.32. The molecule has 1 aromatic carbocycles. The molecule has 2 atom stereocenters.